The molecule has 4 rings (SSSR count). The highest BCUT2D eigenvalue weighted by atomic mass is 32.2. The minimum atomic E-state index is -4.19. The molecule has 0 aromatic heterocycles. The number of hydrogen-bond donors (Lipinski definition) is 0. The van der Waals surface area contributed by atoms with Crippen LogP contribution in [0.1, 0.15) is 105 Å². The molecular formula is C34H45O4PS. The van der Waals surface area contributed by atoms with Gasteiger partial charge in [-0.1, -0.05) is 125 Å². The van der Waals surface area contributed by atoms with Gasteiger partial charge >= 0.3 is 7.82 Å². The van der Waals surface area contributed by atoms with Crippen LogP contribution in [-0.2, 0) is 26.2 Å². The molecule has 0 unspecified atom stereocenters. The first-order valence-corrected chi connectivity index (χ1v) is 16.2. The van der Waals surface area contributed by atoms with Gasteiger partial charge in [0.05, 0.1) is 9.79 Å². The summed E-state index contributed by atoms with van der Waals surface area (Å²) in [5, 5.41) is 0. The molecule has 3 aromatic rings. The second-order valence-electron chi connectivity index (χ2n) is 14.8. The van der Waals surface area contributed by atoms with Crippen LogP contribution in [0, 0.1) is 0 Å². The van der Waals surface area contributed by atoms with Gasteiger partial charge in [-0.25, -0.2) is 0 Å². The van der Waals surface area contributed by atoms with Crippen molar-refractivity contribution < 1.29 is 18.1 Å². The molecule has 0 radical (unpaired) electrons. The Bertz CT molecular complexity index is 1360. The summed E-state index contributed by atoms with van der Waals surface area (Å²) in [5.74, 6) is 1.53. The average Bonchev–Trinajstić information content (AvgIpc) is 2.77. The van der Waals surface area contributed by atoms with Gasteiger partial charge < -0.3 is 13.6 Å². The SMILES string of the molecule is CC(C)(C)c1cc2c(c(C(C)(C)C)c1)OP(=O)(Oc1ccccc1)Oc1c(cc(C(C)(C)C)cc1C(C)(C)C)S2. The second-order valence-corrected chi connectivity index (χ2v) is 17.4. The van der Waals surface area contributed by atoms with Crippen molar-refractivity contribution in [2.24, 2.45) is 0 Å². The largest absolute Gasteiger partial charge is 0.647 e. The van der Waals surface area contributed by atoms with Crippen LogP contribution in [0.15, 0.2) is 64.4 Å². The van der Waals surface area contributed by atoms with Crippen molar-refractivity contribution in [1.82, 2.24) is 0 Å². The third-order valence-electron chi connectivity index (χ3n) is 7.04. The minimum absolute atomic E-state index is 0.0919. The average molecular weight is 581 g/mol. The molecule has 216 valence electrons. The fraction of sp³-hybridized carbons (Fsp3) is 0.471. The Balaban J connectivity index is 2.09. The molecule has 0 atom stereocenters. The molecule has 1 aliphatic heterocycles. The molecule has 0 saturated carbocycles. The molecule has 0 fully saturated rings. The smallest absolute Gasteiger partial charge is 0.386 e. The van der Waals surface area contributed by atoms with Crippen LogP contribution in [0.2, 0.25) is 0 Å². The molecular weight excluding hydrogens is 535 g/mol. The maximum atomic E-state index is 14.7. The normalized spacial score (nSPS) is 15.6. The zero-order chi connectivity index (χ0) is 29.9. The van der Waals surface area contributed by atoms with Gasteiger partial charge in [0.1, 0.15) is 5.75 Å². The van der Waals surface area contributed by atoms with Crippen LogP contribution in [0.4, 0.5) is 0 Å². The number of phosphoric ester groups is 1. The molecule has 3 aromatic carbocycles. The summed E-state index contributed by atoms with van der Waals surface area (Å²) in [6.07, 6.45) is 0. The number of para-hydroxylation sites is 1. The standard InChI is InChI=1S/C34H45O4PS/c1-31(2,3)22-18-25(33(7,8)9)29-27(20-22)40-28-21-23(32(4,5)6)19-26(34(10,11)12)30(28)38-39(35,37-29)36-24-16-14-13-15-17-24/h13-21H,1-12H3. The van der Waals surface area contributed by atoms with E-state index in [0.717, 1.165) is 20.9 Å². The van der Waals surface area contributed by atoms with Crippen LogP contribution >= 0.6 is 19.6 Å². The summed E-state index contributed by atoms with van der Waals surface area (Å²) in [4.78, 5) is 1.81. The first-order chi connectivity index (χ1) is 18.2. The van der Waals surface area contributed by atoms with Crippen LogP contribution < -0.4 is 13.6 Å². The van der Waals surface area contributed by atoms with E-state index in [2.05, 4.69) is 107 Å². The highest BCUT2D eigenvalue weighted by Gasteiger charge is 2.42. The number of phosphoric acid groups is 1. The van der Waals surface area contributed by atoms with E-state index in [0.29, 0.717) is 17.2 Å². The second kappa shape index (κ2) is 10.2. The first kappa shape index (κ1) is 30.6. The van der Waals surface area contributed by atoms with Gasteiger partial charge in [0.2, 0.25) is 0 Å². The van der Waals surface area contributed by atoms with Gasteiger partial charge in [0.25, 0.3) is 0 Å². The summed E-state index contributed by atoms with van der Waals surface area (Å²) in [5.41, 5.74) is 3.57. The molecule has 40 heavy (non-hydrogen) atoms. The van der Waals surface area contributed by atoms with E-state index in [1.165, 1.54) is 11.1 Å². The maximum absolute atomic E-state index is 14.7. The van der Waals surface area contributed by atoms with Crippen LogP contribution in [-0.4, -0.2) is 0 Å². The molecule has 0 spiro atoms. The monoisotopic (exact) mass is 580 g/mol. The van der Waals surface area contributed by atoms with Crippen molar-refractivity contribution in [2.45, 2.75) is 115 Å². The molecule has 0 amide bonds. The Morgan fingerprint density at radius 3 is 1.35 bits per heavy atom. The van der Waals surface area contributed by atoms with Gasteiger partial charge in [0, 0.05) is 11.1 Å². The maximum Gasteiger partial charge on any atom is 0.647 e. The van der Waals surface area contributed by atoms with E-state index in [4.69, 9.17) is 13.6 Å². The lowest BCUT2D eigenvalue weighted by Crippen LogP contribution is -2.22. The molecule has 4 nitrogen and oxygen atoms in total. The number of fused-ring (bicyclic) bond motifs is 2. The van der Waals surface area contributed by atoms with Gasteiger partial charge in [-0.3, -0.25) is 0 Å². The summed E-state index contributed by atoms with van der Waals surface area (Å²) in [7, 11) is -4.19. The molecule has 0 bridgehead atoms. The summed E-state index contributed by atoms with van der Waals surface area (Å²) >= 11 is 1.62. The van der Waals surface area contributed by atoms with Crippen LogP contribution in [0.25, 0.3) is 0 Å². The zero-order valence-corrected chi connectivity index (χ0v) is 27.9. The molecule has 0 N–H and O–H groups in total. The van der Waals surface area contributed by atoms with Gasteiger partial charge in [0.15, 0.2) is 11.5 Å². The van der Waals surface area contributed by atoms with Gasteiger partial charge in [-0.2, -0.15) is 4.57 Å². The predicted octanol–water partition coefficient (Wildman–Crippen LogP) is 11.0. The Kier molecular flexibility index (Phi) is 7.78. The van der Waals surface area contributed by atoms with E-state index in [1.54, 1.807) is 23.9 Å². The third kappa shape index (κ3) is 6.58. The fourth-order valence-corrected chi connectivity index (χ4v) is 7.09. The highest BCUT2D eigenvalue weighted by Crippen LogP contribution is 2.60. The molecule has 0 aliphatic carbocycles. The van der Waals surface area contributed by atoms with Gasteiger partial charge in [-0.15, -0.1) is 0 Å². The predicted molar refractivity (Wildman–Crippen MR) is 168 cm³/mol. The zero-order valence-electron chi connectivity index (χ0n) is 26.2. The topological polar surface area (TPSA) is 44.8 Å². The fourth-order valence-electron chi connectivity index (χ4n) is 4.53. The molecule has 1 heterocycles. The van der Waals surface area contributed by atoms with E-state index >= 15 is 0 Å². The Hall–Kier alpha value is -2.36. The summed E-state index contributed by atoms with van der Waals surface area (Å²) in [6.45, 7) is 26.2. The van der Waals surface area contributed by atoms with Crippen molar-refractivity contribution in [3.05, 3.63) is 76.9 Å². The van der Waals surface area contributed by atoms with Crippen molar-refractivity contribution in [2.75, 3.05) is 0 Å². The van der Waals surface area contributed by atoms with E-state index in [1.807, 2.05) is 18.2 Å². The summed E-state index contributed by atoms with van der Waals surface area (Å²) in [6, 6.07) is 17.8. The van der Waals surface area contributed by atoms with E-state index in [-0.39, 0.29) is 21.7 Å². The molecule has 0 saturated heterocycles. The van der Waals surface area contributed by atoms with Crippen molar-refractivity contribution in [1.29, 1.82) is 0 Å². The van der Waals surface area contributed by atoms with Crippen LogP contribution in [0.3, 0.4) is 0 Å². The lowest BCUT2D eigenvalue weighted by molar-refractivity contribution is 0.287. The Labute approximate surface area is 245 Å². The van der Waals surface area contributed by atoms with Crippen molar-refractivity contribution in [3.8, 4) is 17.2 Å². The number of rotatable bonds is 2. The summed E-state index contributed by atoms with van der Waals surface area (Å²) < 4.78 is 33.8. The van der Waals surface area contributed by atoms with Crippen LogP contribution in [0.5, 0.6) is 17.2 Å². The van der Waals surface area contributed by atoms with E-state index in [9.17, 15) is 4.57 Å². The third-order valence-corrected chi connectivity index (χ3v) is 9.34. The van der Waals surface area contributed by atoms with Crippen molar-refractivity contribution in [3.63, 3.8) is 0 Å². The highest BCUT2D eigenvalue weighted by molar-refractivity contribution is 7.99. The molecule has 6 heteroatoms. The lowest BCUT2D eigenvalue weighted by Gasteiger charge is -2.34. The first-order valence-electron chi connectivity index (χ1n) is 14.0. The Morgan fingerprint density at radius 1 is 0.600 bits per heavy atom. The lowest BCUT2D eigenvalue weighted by atomic mass is 9.80. The minimum Gasteiger partial charge on any atom is -0.386 e. The number of hydrogen-bond acceptors (Lipinski definition) is 5. The van der Waals surface area contributed by atoms with E-state index < -0.39 is 7.82 Å². The Morgan fingerprint density at radius 2 is 1.00 bits per heavy atom. The quantitative estimate of drug-likeness (QED) is 0.282. The molecule has 1 aliphatic rings. The van der Waals surface area contributed by atoms with Gasteiger partial charge in [-0.05, 0) is 57.1 Å². The van der Waals surface area contributed by atoms with Crippen molar-refractivity contribution >= 4 is 19.6 Å². The number of benzene rings is 3.